The Balaban J connectivity index is 2.08. The molecule has 0 spiro atoms. The summed E-state index contributed by atoms with van der Waals surface area (Å²) in [6.07, 6.45) is 3.32. The van der Waals surface area contributed by atoms with E-state index in [9.17, 15) is 9.59 Å². The molecule has 0 aliphatic rings. The molecule has 1 aromatic carbocycles. The quantitative estimate of drug-likeness (QED) is 0.658. The Hall–Kier alpha value is -2.43. The average Bonchev–Trinajstić information content (AvgIpc) is 2.78. The fraction of sp³-hybridized carbons (Fsp3) is 0.389. The van der Waals surface area contributed by atoms with E-state index in [0.29, 0.717) is 22.6 Å². The van der Waals surface area contributed by atoms with Gasteiger partial charge < -0.3 is 5.32 Å². The van der Waals surface area contributed by atoms with Crippen molar-refractivity contribution in [2.45, 2.75) is 40.0 Å². The Morgan fingerprint density at radius 2 is 1.83 bits per heavy atom. The van der Waals surface area contributed by atoms with Gasteiger partial charge in [0, 0.05) is 18.4 Å². The van der Waals surface area contributed by atoms with E-state index in [2.05, 4.69) is 17.3 Å². The van der Waals surface area contributed by atoms with Crippen LogP contribution in [0.25, 0.3) is 0 Å². The molecule has 0 aliphatic carbocycles. The fourth-order valence-corrected chi connectivity index (χ4v) is 2.54. The van der Waals surface area contributed by atoms with Gasteiger partial charge in [-0.15, -0.1) is 0 Å². The van der Waals surface area contributed by atoms with Crippen LogP contribution in [0.15, 0.2) is 24.3 Å². The molecule has 0 bridgehead atoms. The average molecular weight is 313 g/mol. The standard InChI is InChI=1S/C18H23N3O2/c1-5-6-7-14-8-10-15(11-9-14)19-18(23)17(22)16-12(2)20-21(4)13(16)3/h8-11H,5-7H2,1-4H3,(H,19,23). The Labute approximate surface area is 136 Å². The van der Waals surface area contributed by atoms with Crippen LogP contribution < -0.4 is 5.32 Å². The zero-order valence-electron chi connectivity index (χ0n) is 14.1. The first-order chi connectivity index (χ1) is 10.9. The molecule has 0 aliphatic heterocycles. The van der Waals surface area contributed by atoms with Gasteiger partial charge in [-0.1, -0.05) is 25.5 Å². The summed E-state index contributed by atoms with van der Waals surface area (Å²) in [5, 5.41) is 6.84. The van der Waals surface area contributed by atoms with Gasteiger partial charge in [0.2, 0.25) is 0 Å². The van der Waals surface area contributed by atoms with E-state index in [1.165, 1.54) is 5.56 Å². The second-order valence-electron chi connectivity index (χ2n) is 5.75. The number of aryl methyl sites for hydroxylation is 3. The van der Waals surface area contributed by atoms with Crippen molar-refractivity contribution in [2.75, 3.05) is 5.32 Å². The van der Waals surface area contributed by atoms with Crippen molar-refractivity contribution in [3.05, 3.63) is 46.8 Å². The van der Waals surface area contributed by atoms with Crippen LogP contribution in [0.5, 0.6) is 0 Å². The normalized spacial score (nSPS) is 10.6. The lowest BCUT2D eigenvalue weighted by Gasteiger charge is -2.06. The highest BCUT2D eigenvalue weighted by Crippen LogP contribution is 2.15. The van der Waals surface area contributed by atoms with E-state index >= 15 is 0 Å². The molecule has 1 N–H and O–H groups in total. The fourth-order valence-electron chi connectivity index (χ4n) is 2.54. The number of anilines is 1. The lowest BCUT2D eigenvalue weighted by Crippen LogP contribution is -2.24. The van der Waals surface area contributed by atoms with Crippen molar-refractivity contribution in [3.63, 3.8) is 0 Å². The summed E-state index contributed by atoms with van der Waals surface area (Å²) in [6.45, 7) is 5.67. The molecule has 1 aromatic heterocycles. The number of hydrogen-bond acceptors (Lipinski definition) is 3. The van der Waals surface area contributed by atoms with Gasteiger partial charge in [0.05, 0.1) is 11.3 Å². The molecule has 1 heterocycles. The Morgan fingerprint density at radius 3 is 2.35 bits per heavy atom. The molecule has 0 fully saturated rings. The molecular formula is C18H23N3O2. The van der Waals surface area contributed by atoms with E-state index in [1.807, 2.05) is 24.3 Å². The maximum atomic E-state index is 12.3. The van der Waals surface area contributed by atoms with Crippen molar-refractivity contribution < 1.29 is 9.59 Å². The van der Waals surface area contributed by atoms with Gasteiger partial charge in [-0.05, 0) is 44.4 Å². The maximum Gasteiger partial charge on any atom is 0.296 e. The highest BCUT2D eigenvalue weighted by atomic mass is 16.2. The van der Waals surface area contributed by atoms with Crippen molar-refractivity contribution >= 4 is 17.4 Å². The number of benzene rings is 1. The van der Waals surface area contributed by atoms with Gasteiger partial charge in [0.1, 0.15) is 0 Å². The maximum absolute atomic E-state index is 12.3. The molecule has 5 nitrogen and oxygen atoms in total. The molecule has 23 heavy (non-hydrogen) atoms. The molecule has 0 unspecified atom stereocenters. The van der Waals surface area contributed by atoms with E-state index < -0.39 is 11.7 Å². The van der Waals surface area contributed by atoms with Crippen molar-refractivity contribution in [1.82, 2.24) is 9.78 Å². The minimum Gasteiger partial charge on any atom is -0.319 e. The smallest absolute Gasteiger partial charge is 0.296 e. The van der Waals surface area contributed by atoms with Crippen LogP contribution in [0.1, 0.15) is 47.1 Å². The molecule has 5 heteroatoms. The number of carbonyl (C=O) groups is 2. The van der Waals surface area contributed by atoms with E-state index in [-0.39, 0.29) is 0 Å². The summed E-state index contributed by atoms with van der Waals surface area (Å²) in [4.78, 5) is 24.5. The molecular weight excluding hydrogens is 290 g/mol. The van der Waals surface area contributed by atoms with Crippen LogP contribution in [0.2, 0.25) is 0 Å². The molecule has 0 saturated heterocycles. The number of rotatable bonds is 6. The third-order valence-electron chi connectivity index (χ3n) is 3.97. The van der Waals surface area contributed by atoms with Gasteiger partial charge in [-0.3, -0.25) is 14.3 Å². The summed E-state index contributed by atoms with van der Waals surface area (Å²) in [5.74, 6) is -1.19. The van der Waals surface area contributed by atoms with E-state index in [4.69, 9.17) is 0 Å². The molecule has 2 rings (SSSR count). The lowest BCUT2D eigenvalue weighted by atomic mass is 10.1. The minimum absolute atomic E-state index is 0.379. The number of hydrogen-bond donors (Lipinski definition) is 1. The highest BCUT2D eigenvalue weighted by Gasteiger charge is 2.23. The van der Waals surface area contributed by atoms with Gasteiger partial charge >= 0.3 is 0 Å². The summed E-state index contributed by atoms with van der Waals surface area (Å²) >= 11 is 0. The van der Waals surface area contributed by atoms with Crippen LogP contribution >= 0.6 is 0 Å². The zero-order chi connectivity index (χ0) is 17.0. The predicted octanol–water partition coefficient (Wildman–Crippen LogP) is 3.20. The third kappa shape index (κ3) is 3.86. The number of aromatic nitrogens is 2. The van der Waals surface area contributed by atoms with Crippen LogP contribution in [0.4, 0.5) is 5.69 Å². The van der Waals surface area contributed by atoms with E-state index in [0.717, 1.165) is 19.3 Å². The van der Waals surface area contributed by atoms with Gasteiger partial charge in [-0.2, -0.15) is 5.10 Å². The summed E-state index contributed by atoms with van der Waals surface area (Å²) in [7, 11) is 1.76. The van der Waals surface area contributed by atoms with Gasteiger partial charge in [0.25, 0.3) is 11.7 Å². The number of nitrogens with zero attached hydrogens (tertiary/aromatic N) is 2. The molecule has 1 amide bonds. The molecule has 2 aromatic rings. The molecule has 122 valence electrons. The molecule has 0 atom stereocenters. The number of carbonyl (C=O) groups excluding carboxylic acids is 2. The van der Waals surface area contributed by atoms with E-state index in [1.54, 1.807) is 25.6 Å². The summed E-state index contributed by atoms with van der Waals surface area (Å²) in [6, 6.07) is 7.63. The summed E-state index contributed by atoms with van der Waals surface area (Å²) in [5.41, 5.74) is 3.50. The second-order valence-corrected chi connectivity index (χ2v) is 5.75. The Morgan fingerprint density at radius 1 is 1.17 bits per heavy atom. The van der Waals surface area contributed by atoms with Gasteiger partial charge in [0.15, 0.2) is 0 Å². The SMILES string of the molecule is CCCCc1ccc(NC(=O)C(=O)c2c(C)nn(C)c2C)cc1. The van der Waals surface area contributed by atoms with Crippen LogP contribution in [-0.2, 0) is 18.3 Å². The first-order valence-electron chi connectivity index (χ1n) is 7.88. The van der Waals surface area contributed by atoms with Crippen molar-refractivity contribution in [1.29, 1.82) is 0 Å². The highest BCUT2D eigenvalue weighted by molar-refractivity contribution is 6.47. The molecule has 0 saturated carbocycles. The third-order valence-corrected chi connectivity index (χ3v) is 3.97. The number of unbranched alkanes of at least 4 members (excludes halogenated alkanes) is 1. The monoisotopic (exact) mass is 313 g/mol. The van der Waals surface area contributed by atoms with Crippen LogP contribution in [0, 0.1) is 13.8 Å². The number of Topliss-reactive ketones (excluding diaryl/α,β-unsaturated/α-hetero) is 1. The summed E-state index contributed by atoms with van der Waals surface area (Å²) < 4.78 is 1.61. The predicted molar refractivity (Wildman–Crippen MR) is 90.7 cm³/mol. The molecule has 0 radical (unpaired) electrons. The Kier molecular flexibility index (Phi) is 5.32. The topological polar surface area (TPSA) is 64.0 Å². The van der Waals surface area contributed by atoms with Gasteiger partial charge in [-0.25, -0.2) is 0 Å². The minimum atomic E-state index is -0.634. The largest absolute Gasteiger partial charge is 0.319 e. The first kappa shape index (κ1) is 16.9. The van der Waals surface area contributed by atoms with Crippen LogP contribution in [-0.4, -0.2) is 21.5 Å². The first-order valence-corrected chi connectivity index (χ1v) is 7.88. The number of ketones is 1. The van der Waals surface area contributed by atoms with Crippen molar-refractivity contribution in [2.24, 2.45) is 7.05 Å². The second kappa shape index (κ2) is 7.22. The number of amides is 1. The lowest BCUT2D eigenvalue weighted by molar-refractivity contribution is -0.112. The van der Waals surface area contributed by atoms with Crippen molar-refractivity contribution in [3.8, 4) is 0 Å². The number of nitrogens with one attached hydrogen (secondary N) is 1. The van der Waals surface area contributed by atoms with Crippen LogP contribution in [0.3, 0.4) is 0 Å². The Bertz CT molecular complexity index is 715. The zero-order valence-corrected chi connectivity index (χ0v) is 14.1.